The van der Waals surface area contributed by atoms with E-state index in [0.29, 0.717) is 34.6 Å². The summed E-state index contributed by atoms with van der Waals surface area (Å²) in [5.74, 6) is -1.10. The van der Waals surface area contributed by atoms with Crippen molar-refractivity contribution in [3.8, 4) is 11.5 Å². The van der Waals surface area contributed by atoms with Crippen molar-refractivity contribution in [1.82, 2.24) is 0 Å². The second-order valence-corrected chi connectivity index (χ2v) is 9.97. The van der Waals surface area contributed by atoms with Gasteiger partial charge in [0.05, 0.1) is 25.7 Å². The summed E-state index contributed by atoms with van der Waals surface area (Å²) in [5, 5.41) is 0. The van der Waals surface area contributed by atoms with Gasteiger partial charge in [0.2, 0.25) is 5.88 Å². The molecule has 1 aliphatic carbocycles. The van der Waals surface area contributed by atoms with Crippen LogP contribution in [0.15, 0.2) is 65.3 Å². The highest BCUT2D eigenvalue weighted by atomic mass is 19.4. The van der Waals surface area contributed by atoms with E-state index in [-0.39, 0.29) is 41.4 Å². The smallest absolute Gasteiger partial charge is 0.416 e. The maximum absolute atomic E-state index is 13.3. The minimum Gasteiger partial charge on any atom is -0.496 e. The zero-order chi connectivity index (χ0) is 27.8. The molecule has 2 aromatic rings. The number of hydrogen-bond donors (Lipinski definition) is 1. The van der Waals surface area contributed by atoms with Crippen molar-refractivity contribution in [2.75, 3.05) is 14.2 Å². The van der Waals surface area contributed by atoms with Gasteiger partial charge in [-0.25, -0.2) is 4.79 Å². The number of rotatable bonds is 6. The van der Waals surface area contributed by atoms with Gasteiger partial charge in [-0.1, -0.05) is 26.0 Å². The van der Waals surface area contributed by atoms with Crippen LogP contribution >= 0.6 is 0 Å². The van der Waals surface area contributed by atoms with E-state index < -0.39 is 23.6 Å². The molecule has 0 amide bonds. The van der Waals surface area contributed by atoms with Gasteiger partial charge >= 0.3 is 12.1 Å². The lowest BCUT2D eigenvalue weighted by Gasteiger charge is -2.38. The summed E-state index contributed by atoms with van der Waals surface area (Å²) < 4.78 is 61.2. The molecule has 2 aliphatic rings. The van der Waals surface area contributed by atoms with Crippen molar-refractivity contribution in [2.24, 2.45) is 11.1 Å². The number of Topliss-reactive ketones (excluding diaryl/α,β-unsaturated/α-hetero) is 1. The van der Waals surface area contributed by atoms with Crippen molar-refractivity contribution in [3.05, 3.63) is 81.9 Å². The van der Waals surface area contributed by atoms with Crippen LogP contribution in [0.1, 0.15) is 49.3 Å². The molecule has 0 unspecified atom stereocenters. The number of nitrogens with two attached hydrogens (primary N) is 1. The number of allylic oxidation sites excluding steroid dienone is 2. The Kier molecular flexibility index (Phi) is 7.18. The van der Waals surface area contributed by atoms with Crippen LogP contribution in [0.2, 0.25) is 0 Å². The Hall–Kier alpha value is -3.95. The molecular formula is C28H28F3NO6. The van der Waals surface area contributed by atoms with Crippen molar-refractivity contribution in [3.63, 3.8) is 0 Å². The molecule has 7 nitrogen and oxygen atoms in total. The molecule has 0 spiro atoms. The van der Waals surface area contributed by atoms with Gasteiger partial charge in [0.1, 0.15) is 29.4 Å². The maximum atomic E-state index is 13.3. The summed E-state index contributed by atoms with van der Waals surface area (Å²) in [6, 6.07) is 9.55. The van der Waals surface area contributed by atoms with E-state index in [1.165, 1.54) is 26.4 Å². The highest BCUT2D eigenvalue weighted by Gasteiger charge is 2.45. The van der Waals surface area contributed by atoms with Gasteiger partial charge < -0.3 is 24.7 Å². The number of ether oxygens (including phenoxy) is 4. The minimum atomic E-state index is -4.51. The molecule has 0 saturated carbocycles. The number of carbonyl (C=O) groups excluding carboxylic acids is 2. The third-order valence-electron chi connectivity index (χ3n) is 6.55. The number of methoxy groups -OCH3 is 2. The summed E-state index contributed by atoms with van der Waals surface area (Å²) in [5.41, 5.74) is 6.32. The molecule has 0 aromatic heterocycles. The predicted molar refractivity (Wildman–Crippen MR) is 131 cm³/mol. The number of benzene rings is 2. The Bertz CT molecular complexity index is 1340. The largest absolute Gasteiger partial charge is 0.496 e. The number of alkyl halides is 3. The summed E-state index contributed by atoms with van der Waals surface area (Å²) in [7, 11) is 2.65. The quantitative estimate of drug-likeness (QED) is 0.499. The monoisotopic (exact) mass is 531 g/mol. The summed E-state index contributed by atoms with van der Waals surface area (Å²) in [4.78, 5) is 26.1. The maximum Gasteiger partial charge on any atom is 0.416 e. The van der Waals surface area contributed by atoms with Gasteiger partial charge in [0.25, 0.3) is 0 Å². The highest BCUT2D eigenvalue weighted by Crippen LogP contribution is 2.48. The normalized spacial score (nSPS) is 19.0. The van der Waals surface area contributed by atoms with Crippen LogP contribution < -0.4 is 15.2 Å². The third-order valence-corrected chi connectivity index (χ3v) is 6.55. The van der Waals surface area contributed by atoms with Gasteiger partial charge in [-0.3, -0.25) is 4.79 Å². The summed E-state index contributed by atoms with van der Waals surface area (Å²) in [6.45, 7) is 3.75. The fourth-order valence-electron chi connectivity index (χ4n) is 4.84. The fraction of sp³-hybridized carbons (Fsp3) is 0.357. The fourth-order valence-corrected chi connectivity index (χ4v) is 4.84. The van der Waals surface area contributed by atoms with E-state index in [0.717, 1.165) is 12.1 Å². The molecule has 0 saturated heterocycles. The molecule has 202 valence electrons. The first kappa shape index (κ1) is 27.1. The van der Waals surface area contributed by atoms with Gasteiger partial charge in [0, 0.05) is 24.0 Å². The molecule has 4 rings (SSSR count). The van der Waals surface area contributed by atoms with Gasteiger partial charge in [-0.15, -0.1) is 0 Å². The number of halogens is 3. The lowest BCUT2D eigenvalue weighted by atomic mass is 9.70. The average molecular weight is 532 g/mol. The van der Waals surface area contributed by atoms with Crippen LogP contribution in [0.5, 0.6) is 11.5 Å². The van der Waals surface area contributed by atoms with Gasteiger partial charge in [0.15, 0.2) is 5.78 Å². The molecule has 0 radical (unpaired) electrons. The van der Waals surface area contributed by atoms with Crippen molar-refractivity contribution < 1.29 is 41.7 Å². The van der Waals surface area contributed by atoms with Crippen LogP contribution in [-0.2, 0) is 31.8 Å². The lowest BCUT2D eigenvalue weighted by molar-refractivity contribution is -0.138. The van der Waals surface area contributed by atoms with Crippen molar-refractivity contribution in [2.45, 2.75) is 45.4 Å². The molecule has 1 heterocycles. The Morgan fingerprint density at radius 2 is 1.87 bits per heavy atom. The number of ketones is 1. The second kappa shape index (κ2) is 10.1. The summed E-state index contributed by atoms with van der Waals surface area (Å²) >= 11 is 0. The van der Waals surface area contributed by atoms with Crippen molar-refractivity contribution >= 4 is 11.8 Å². The molecule has 0 fully saturated rings. The number of hydrogen-bond acceptors (Lipinski definition) is 7. The zero-order valence-corrected chi connectivity index (χ0v) is 21.4. The first-order chi connectivity index (χ1) is 17.8. The second-order valence-electron chi connectivity index (χ2n) is 9.97. The van der Waals surface area contributed by atoms with Crippen LogP contribution in [0.3, 0.4) is 0 Å². The van der Waals surface area contributed by atoms with Gasteiger partial charge in [-0.05, 0) is 41.3 Å². The van der Waals surface area contributed by atoms with Crippen LogP contribution in [0.4, 0.5) is 13.2 Å². The van der Waals surface area contributed by atoms with E-state index in [9.17, 15) is 22.8 Å². The Morgan fingerprint density at radius 1 is 1.13 bits per heavy atom. The Labute approximate surface area is 218 Å². The van der Waals surface area contributed by atoms with E-state index in [4.69, 9.17) is 24.7 Å². The topological polar surface area (TPSA) is 97.1 Å². The van der Waals surface area contributed by atoms with Crippen LogP contribution in [0, 0.1) is 5.41 Å². The lowest BCUT2D eigenvalue weighted by Crippen LogP contribution is -2.35. The molecule has 0 bridgehead atoms. The first-order valence-corrected chi connectivity index (χ1v) is 11.8. The van der Waals surface area contributed by atoms with Gasteiger partial charge in [-0.2, -0.15) is 13.2 Å². The minimum absolute atomic E-state index is 0.00535. The number of carbonyl (C=O) groups is 2. The molecule has 1 aliphatic heterocycles. The Morgan fingerprint density at radius 3 is 2.53 bits per heavy atom. The zero-order valence-electron chi connectivity index (χ0n) is 21.4. The molecule has 38 heavy (non-hydrogen) atoms. The molecular weight excluding hydrogens is 503 g/mol. The average Bonchev–Trinajstić information content (AvgIpc) is 2.85. The Balaban J connectivity index is 1.76. The predicted octanol–water partition coefficient (Wildman–Crippen LogP) is 5.39. The van der Waals surface area contributed by atoms with E-state index in [1.54, 1.807) is 18.2 Å². The summed E-state index contributed by atoms with van der Waals surface area (Å²) in [6.07, 6.45) is -3.81. The van der Waals surface area contributed by atoms with Crippen LogP contribution in [0.25, 0.3) is 0 Å². The number of esters is 1. The molecule has 10 heteroatoms. The van der Waals surface area contributed by atoms with Crippen molar-refractivity contribution in [1.29, 1.82) is 0 Å². The highest BCUT2D eigenvalue weighted by molar-refractivity contribution is 6.03. The molecule has 2 N–H and O–H groups in total. The van der Waals surface area contributed by atoms with E-state index >= 15 is 0 Å². The first-order valence-electron chi connectivity index (χ1n) is 11.8. The third kappa shape index (κ3) is 5.34. The van der Waals surface area contributed by atoms with E-state index in [2.05, 4.69) is 0 Å². The van der Waals surface area contributed by atoms with Crippen LogP contribution in [-0.4, -0.2) is 26.0 Å². The standard InChI is InChI=1S/C28H28F3NO6/c1-27(2)12-19(33)23-21(13-27)38-25(32)24(26(34)36-4)22(23)15-8-9-20(35-3)16(10-15)14-37-18-7-5-6-17(11-18)28(29,30)31/h5-11,22H,12-14,32H2,1-4H3/t22-/m0/s1. The molecule has 2 aromatic carbocycles. The van der Waals surface area contributed by atoms with E-state index in [1.807, 2.05) is 13.8 Å². The molecule has 1 atom stereocenters. The SMILES string of the molecule is COC(=O)C1=C(N)OC2=C(C(=O)CC(C)(C)C2)[C@@H]1c1ccc(OC)c(COc2cccc(C(F)(F)F)c2)c1.